The van der Waals surface area contributed by atoms with Crippen molar-refractivity contribution in [2.45, 2.75) is 25.7 Å². The zero-order valence-electron chi connectivity index (χ0n) is 10.9. The highest BCUT2D eigenvalue weighted by atomic mass is 16.4. The Labute approximate surface area is 113 Å². The lowest BCUT2D eigenvalue weighted by Crippen LogP contribution is -2.37. The molecule has 1 fully saturated rings. The molecule has 1 aliphatic heterocycles. The van der Waals surface area contributed by atoms with Gasteiger partial charge in [0.1, 0.15) is 0 Å². The van der Waals surface area contributed by atoms with Crippen molar-refractivity contribution >= 4 is 6.09 Å². The summed E-state index contributed by atoms with van der Waals surface area (Å²) in [7, 11) is 0. The van der Waals surface area contributed by atoms with Gasteiger partial charge in [-0.25, -0.2) is 4.79 Å². The highest BCUT2D eigenvalue weighted by Crippen LogP contribution is 2.22. The van der Waals surface area contributed by atoms with Crippen molar-refractivity contribution in [3.63, 3.8) is 0 Å². The van der Waals surface area contributed by atoms with Crippen molar-refractivity contribution in [3.8, 4) is 6.07 Å². The highest BCUT2D eigenvalue weighted by Gasteiger charge is 2.22. The predicted octanol–water partition coefficient (Wildman–Crippen LogP) is 2.69. The normalized spacial score (nSPS) is 16.1. The fourth-order valence-corrected chi connectivity index (χ4v) is 2.55. The average Bonchev–Trinajstić information content (AvgIpc) is 2.42. The highest BCUT2D eigenvalue weighted by molar-refractivity contribution is 5.64. The third-order valence-electron chi connectivity index (χ3n) is 3.72. The molecule has 0 radical (unpaired) electrons. The Kier molecular flexibility index (Phi) is 4.40. The molecule has 4 heteroatoms. The molecule has 0 atom stereocenters. The first-order valence-corrected chi connectivity index (χ1v) is 6.61. The van der Waals surface area contributed by atoms with Gasteiger partial charge in [-0.1, -0.05) is 24.3 Å². The van der Waals surface area contributed by atoms with Crippen molar-refractivity contribution in [2.24, 2.45) is 5.92 Å². The smallest absolute Gasteiger partial charge is 0.407 e. The summed E-state index contributed by atoms with van der Waals surface area (Å²) in [5.74, 6) is 0.567. The molecular formula is C15H18N2O2. The van der Waals surface area contributed by atoms with Crippen LogP contribution in [0.3, 0.4) is 0 Å². The van der Waals surface area contributed by atoms with Gasteiger partial charge in [-0.3, -0.25) is 0 Å². The topological polar surface area (TPSA) is 64.3 Å². The van der Waals surface area contributed by atoms with E-state index >= 15 is 0 Å². The predicted molar refractivity (Wildman–Crippen MR) is 71.8 cm³/mol. The Morgan fingerprint density at radius 3 is 2.37 bits per heavy atom. The van der Waals surface area contributed by atoms with E-state index in [1.54, 1.807) is 0 Å². The lowest BCUT2D eigenvalue weighted by Gasteiger charge is -2.30. The molecule has 4 nitrogen and oxygen atoms in total. The zero-order chi connectivity index (χ0) is 13.7. The standard InChI is InChI=1S/C15H18N2O2/c16-8-5-12-1-3-13(4-2-12)11-14-6-9-17(10-7-14)15(18)19/h1-4,14H,5-7,9-11H2,(H,18,19). The van der Waals surface area contributed by atoms with E-state index in [9.17, 15) is 4.79 Å². The van der Waals surface area contributed by atoms with Gasteiger partial charge in [0.15, 0.2) is 0 Å². The van der Waals surface area contributed by atoms with Crippen LogP contribution in [-0.2, 0) is 12.8 Å². The van der Waals surface area contributed by atoms with E-state index in [1.807, 2.05) is 12.1 Å². The van der Waals surface area contributed by atoms with Crippen LogP contribution in [0.5, 0.6) is 0 Å². The molecule has 1 aromatic carbocycles. The lowest BCUT2D eigenvalue weighted by atomic mass is 9.90. The van der Waals surface area contributed by atoms with E-state index in [1.165, 1.54) is 10.5 Å². The van der Waals surface area contributed by atoms with E-state index < -0.39 is 6.09 Å². The number of hydrogen-bond acceptors (Lipinski definition) is 2. The summed E-state index contributed by atoms with van der Waals surface area (Å²) in [6.07, 6.45) is 2.52. The van der Waals surface area contributed by atoms with Crippen LogP contribution in [0.4, 0.5) is 4.79 Å². The van der Waals surface area contributed by atoms with Crippen molar-refractivity contribution in [1.82, 2.24) is 4.90 Å². The second-order valence-corrected chi connectivity index (χ2v) is 5.07. The maximum Gasteiger partial charge on any atom is 0.407 e. The molecule has 1 aromatic rings. The molecule has 0 bridgehead atoms. The first-order valence-electron chi connectivity index (χ1n) is 6.61. The minimum absolute atomic E-state index is 0.456. The number of rotatable bonds is 3. The number of piperidine rings is 1. The molecule has 1 aliphatic rings. The second kappa shape index (κ2) is 6.24. The summed E-state index contributed by atoms with van der Waals surface area (Å²) in [5, 5.41) is 17.5. The van der Waals surface area contributed by atoms with E-state index in [0.717, 1.165) is 24.8 Å². The first-order chi connectivity index (χ1) is 9.19. The number of nitriles is 1. The molecule has 0 unspecified atom stereocenters. The molecule has 0 saturated carbocycles. The van der Waals surface area contributed by atoms with Gasteiger partial charge in [0.25, 0.3) is 0 Å². The number of carboxylic acid groups (broad SMARTS) is 1. The Morgan fingerprint density at radius 1 is 1.26 bits per heavy atom. The molecule has 1 N–H and O–H groups in total. The summed E-state index contributed by atoms with van der Waals surface area (Å²) < 4.78 is 0. The SMILES string of the molecule is N#CCc1ccc(CC2CCN(C(=O)O)CC2)cc1. The number of benzene rings is 1. The van der Waals surface area contributed by atoms with Gasteiger partial charge in [-0.05, 0) is 36.3 Å². The Balaban J connectivity index is 1.85. The minimum atomic E-state index is -0.806. The summed E-state index contributed by atoms with van der Waals surface area (Å²) in [5.41, 5.74) is 2.32. The summed E-state index contributed by atoms with van der Waals surface area (Å²) in [6.45, 7) is 1.29. The van der Waals surface area contributed by atoms with Crippen molar-refractivity contribution in [3.05, 3.63) is 35.4 Å². The Morgan fingerprint density at radius 2 is 1.84 bits per heavy atom. The molecule has 1 amide bonds. The van der Waals surface area contributed by atoms with Crippen LogP contribution in [0.15, 0.2) is 24.3 Å². The number of hydrogen-bond donors (Lipinski definition) is 1. The van der Waals surface area contributed by atoms with Gasteiger partial charge in [0, 0.05) is 13.1 Å². The molecule has 0 aromatic heterocycles. The molecule has 2 rings (SSSR count). The molecule has 1 heterocycles. The molecule has 0 spiro atoms. The zero-order valence-corrected chi connectivity index (χ0v) is 10.9. The minimum Gasteiger partial charge on any atom is -0.465 e. The third-order valence-corrected chi connectivity index (χ3v) is 3.72. The first kappa shape index (κ1) is 13.4. The number of carbonyl (C=O) groups is 1. The van der Waals surface area contributed by atoms with Crippen LogP contribution < -0.4 is 0 Å². The van der Waals surface area contributed by atoms with Gasteiger partial charge >= 0.3 is 6.09 Å². The number of nitrogens with zero attached hydrogens (tertiary/aromatic N) is 2. The van der Waals surface area contributed by atoms with Gasteiger partial charge < -0.3 is 10.0 Å². The second-order valence-electron chi connectivity index (χ2n) is 5.07. The van der Waals surface area contributed by atoms with Crippen LogP contribution in [0, 0.1) is 17.2 Å². The fraction of sp³-hybridized carbons (Fsp3) is 0.467. The van der Waals surface area contributed by atoms with Gasteiger partial charge in [0.2, 0.25) is 0 Å². The van der Waals surface area contributed by atoms with Crippen LogP contribution in [0.1, 0.15) is 24.0 Å². The quantitative estimate of drug-likeness (QED) is 0.906. The Hall–Kier alpha value is -2.02. The Bertz CT molecular complexity index is 468. The van der Waals surface area contributed by atoms with E-state index in [0.29, 0.717) is 25.4 Å². The monoisotopic (exact) mass is 258 g/mol. The van der Waals surface area contributed by atoms with Crippen molar-refractivity contribution in [2.75, 3.05) is 13.1 Å². The van der Waals surface area contributed by atoms with Gasteiger partial charge in [-0.2, -0.15) is 5.26 Å². The van der Waals surface area contributed by atoms with E-state index in [-0.39, 0.29) is 0 Å². The molecule has 1 saturated heterocycles. The van der Waals surface area contributed by atoms with E-state index in [2.05, 4.69) is 18.2 Å². The van der Waals surface area contributed by atoms with Crippen LogP contribution in [-0.4, -0.2) is 29.2 Å². The average molecular weight is 258 g/mol. The van der Waals surface area contributed by atoms with Gasteiger partial charge in [0.05, 0.1) is 12.5 Å². The summed E-state index contributed by atoms with van der Waals surface area (Å²) in [6, 6.07) is 10.3. The van der Waals surface area contributed by atoms with E-state index in [4.69, 9.17) is 10.4 Å². The number of amides is 1. The van der Waals surface area contributed by atoms with Gasteiger partial charge in [-0.15, -0.1) is 0 Å². The van der Waals surface area contributed by atoms with Crippen LogP contribution >= 0.6 is 0 Å². The molecular weight excluding hydrogens is 240 g/mol. The van der Waals surface area contributed by atoms with Crippen molar-refractivity contribution in [1.29, 1.82) is 5.26 Å². The summed E-state index contributed by atoms with van der Waals surface area (Å²) >= 11 is 0. The van der Waals surface area contributed by atoms with Crippen LogP contribution in [0.2, 0.25) is 0 Å². The van der Waals surface area contributed by atoms with Crippen molar-refractivity contribution < 1.29 is 9.90 Å². The summed E-state index contributed by atoms with van der Waals surface area (Å²) in [4.78, 5) is 12.3. The maximum absolute atomic E-state index is 10.8. The largest absolute Gasteiger partial charge is 0.465 e. The molecule has 0 aliphatic carbocycles. The lowest BCUT2D eigenvalue weighted by molar-refractivity contribution is 0.124. The number of likely N-dealkylation sites (tertiary alicyclic amines) is 1. The third kappa shape index (κ3) is 3.72. The molecule has 19 heavy (non-hydrogen) atoms. The maximum atomic E-state index is 10.8. The molecule has 100 valence electrons. The fourth-order valence-electron chi connectivity index (χ4n) is 2.55. The van der Waals surface area contributed by atoms with Crippen LogP contribution in [0.25, 0.3) is 0 Å².